The molecule has 1 aromatic rings. The van der Waals surface area contributed by atoms with E-state index in [0.29, 0.717) is 0 Å². The zero-order chi connectivity index (χ0) is 10.3. The molecule has 0 radical (unpaired) electrons. The van der Waals surface area contributed by atoms with Crippen molar-refractivity contribution >= 4 is 12.4 Å². The predicted molar refractivity (Wildman–Crippen MR) is 69.8 cm³/mol. The molecule has 1 fully saturated rings. The third-order valence-corrected chi connectivity index (χ3v) is 3.24. The van der Waals surface area contributed by atoms with Gasteiger partial charge in [0.1, 0.15) is 0 Å². The zero-order valence-corrected chi connectivity index (χ0v) is 10.5. The van der Waals surface area contributed by atoms with Gasteiger partial charge in [-0.2, -0.15) is 0 Å². The van der Waals surface area contributed by atoms with Gasteiger partial charge in [-0.05, 0) is 43.0 Å². The number of halogens is 1. The minimum absolute atomic E-state index is 0. The van der Waals surface area contributed by atoms with E-state index in [4.69, 9.17) is 0 Å². The molecule has 1 aliphatic carbocycles. The number of nitrogens with one attached hydrogen (secondary N) is 1. The van der Waals surface area contributed by atoms with Crippen LogP contribution in [0.25, 0.3) is 0 Å². The smallest absolute Gasteiger partial charge is 0.0271 e. The topological polar surface area (TPSA) is 24.9 Å². The normalized spacial score (nSPS) is 16.8. The molecule has 0 atom stereocenters. The van der Waals surface area contributed by atoms with Gasteiger partial charge in [0.15, 0.2) is 0 Å². The van der Waals surface area contributed by atoms with E-state index in [-0.39, 0.29) is 12.4 Å². The number of hydrogen-bond acceptors (Lipinski definition) is 2. The first-order chi connectivity index (χ1) is 7.45. The average molecular weight is 241 g/mol. The molecule has 90 valence electrons. The van der Waals surface area contributed by atoms with Gasteiger partial charge >= 0.3 is 0 Å². The lowest BCUT2D eigenvalue weighted by Gasteiger charge is -2.21. The van der Waals surface area contributed by atoms with Gasteiger partial charge < -0.3 is 5.32 Å². The van der Waals surface area contributed by atoms with E-state index in [9.17, 15) is 0 Å². The van der Waals surface area contributed by atoms with Gasteiger partial charge in [0.25, 0.3) is 0 Å². The molecule has 1 N–H and O–H groups in total. The van der Waals surface area contributed by atoms with Crippen LogP contribution >= 0.6 is 12.4 Å². The molecule has 0 saturated heterocycles. The molecule has 3 heteroatoms. The fourth-order valence-corrected chi connectivity index (χ4v) is 2.31. The Bertz CT molecular complexity index is 271. The van der Waals surface area contributed by atoms with Crippen LogP contribution in [0.3, 0.4) is 0 Å². The zero-order valence-electron chi connectivity index (χ0n) is 9.69. The summed E-state index contributed by atoms with van der Waals surface area (Å²) in [5, 5.41) is 3.54. The van der Waals surface area contributed by atoms with Crippen LogP contribution < -0.4 is 5.32 Å². The highest BCUT2D eigenvalue weighted by molar-refractivity contribution is 5.85. The number of nitrogens with zero attached hydrogens (tertiary/aromatic N) is 1. The van der Waals surface area contributed by atoms with Crippen molar-refractivity contribution in [2.75, 3.05) is 6.54 Å². The lowest BCUT2D eigenvalue weighted by Crippen LogP contribution is -2.24. The van der Waals surface area contributed by atoms with Crippen molar-refractivity contribution in [1.82, 2.24) is 10.3 Å². The fraction of sp³-hybridized carbons (Fsp3) is 0.615. The fourth-order valence-electron chi connectivity index (χ4n) is 2.31. The first-order valence-electron chi connectivity index (χ1n) is 6.05. The summed E-state index contributed by atoms with van der Waals surface area (Å²) >= 11 is 0. The van der Waals surface area contributed by atoms with Crippen molar-refractivity contribution in [3.8, 4) is 0 Å². The standard InChI is InChI=1S/C13H20N2.ClH/c1-2-4-12(5-3-1)10-15-11-13-6-8-14-9-7-13;/h6-9,12,15H,1-5,10-11H2;1H. The highest BCUT2D eigenvalue weighted by atomic mass is 35.5. The SMILES string of the molecule is Cl.c1cc(CNCC2CCCCC2)ccn1. The molecule has 0 amide bonds. The Morgan fingerprint density at radius 2 is 1.81 bits per heavy atom. The van der Waals surface area contributed by atoms with E-state index >= 15 is 0 Å². The Morgan fingerprint density at radius 1 is 1.12 bits per heavy atom. The lowest BCUT2D eigenvalue weighted by atomic mass is 9.89. The highest BCUT2D eigenvalue weighted by Crippen LogP contribution is 2.22. The Kier molecular flexibility index (Phi) is 6.43. The maximum atomic E-state index is 4.02. The molecule has 2 rings (SSSR count). The average Bonchev–Trinajstić information content (AvgIpc) is 2.32. The monoisotopic (exact) mass is 240 g/mol. The number of aromatic nitrogens is 1. The van der Waals surface area contributed by atoms with E-state index in [0.717, 1.165) is 12.5 Å². The van der Waals surface area contributed by atoms with Crippen LogP contribution in [0.15, 0.2) is 24.5 Å². The van der Waals surface area contributed by atoms with Crippen LogP contribution in [0.2, 0.25) is 0 Å². The minimum Gasteiger partial charge on any atom is -0.312 e. The van der Waals surface area contributed by atoms with Gasteiger partial charge in [-0.1, -0.05) is 19.3 Å². The van der Waals surface area contributed by atoms with Crippen molar-refractivity contribution in [3.05, 3.63) is 30.1 Å². The third-order valence-electron chi connectivity index (χ3n) is 3.24. The summed E-state index contributed by atoms with van der Waals surface area (Å²) in [4.78, 5) is 4.02. The first kappa shape index (κ1) is 13.5. The second-order valence-electron chi connectivity index (χ2n) is 4.49. The van der Waals surface area contributed by atoms with Crippen LogP contribution in [0.1, 0.15) is 37.7 Å². The van der Waals surface area contributed by atoms with Crippen LogP contribution in [0.5, 0.6) is 0 Å². The molecule has 0 spiro atoms. The van der Waals surface area contributed by atoms with Crippen molar-refractivity contribution in [3.63, 3.8) is 0 Å². The second kappa shape index (κ2) is 7.64. The van der Waals surface area contributed by atoms with E-state index < -0.39 is 0 Å². The van der Waals surface area contributed by atoms with Gasteiger partial charge in [0.05, 0.1) is 0 Å². The molecule has 1 saturated carbocycles. The quantitative estimate of drug-likeness (QED) is 0.875. The summed E-state index contributed by atoms with van der Waals surface area (Å²) in [6, 6.07) is 4.15. The molecule has 0 aromatic carbocycles. The van der Waals surface area contributed by atoms with Crippen molar-refractivity contribution in [1.29, 1.82) is 0 Å². The molecule has 1 aliphatic rings. The summed E-state index contributed by atoms with van der Waals surface area (Å²) in [5.74, 6) is 0.917. The third kappa shape index (κ3) is 4.50. The van der Waals surface area contributed by atoms with Crippen LogP contribution in [-0.4, -0.2) is 11.5 Å². The molecule has 1 heterocycles. The minimum atomic E-state index is 0. The lowest BCUT2D eigenvalue weighted by molar-refractivity contribution is 0.342. The molecule has 2 nitrogen and oxygen atoms in total. The summed E-state index contributed by atoms with van der Waals surface area (Å²) in [6.07, 6.45) is 10.9. The molecular weight excluding hydrogens is 220 g/mol. The summed E-state index contributed by atoms with van der Waals surface area (Å²) < 4.78 is 0. The number of hydrogen-bond donors (Lipinski definition) is 1. The Morgan fingerprint density at radius 3 is 2.50 bits per heavy atom. The maximum Gasteiger partial charge on any atom is 0.0271 e. The highest BCUT2D eigenvalue weighted by Gasteiger charge is 2.12. The van der Waals surface area contributed by atoms with Gasteiger partial charge in [0.2, 0.25) is 0 Å². The van der Waals surface area contributed by atoms with Crippen molar-refractivity contribution in [2.24, 2.45) is 5.92 Å². The number of rotatable bonds is 4. The van der Waals surface area contributed by atoms with Crippen LogP contribution in [0.4, 0.5) is 0 Å². The largest absolute Gasteiger partial charge is 0.312 e. The summed E-state index contributed by atoms with van der Waals surface area (Å²) in [7, 11) is 0. The molecule has 0 bridgehead atoms. The van der Waals surface area contributed by atoms with Crippen molar-refractivity contribution in [2.45, 2.75) is 38.6 Å². The van der Waals surface area contributed by atoms with E-state index in [1.54, 1.807) is 0 Å². The predicted octanol–water partition coefficient (Wildman–Crippen LogP) is 3.17. The van der Waals surface area contributed by atoms with Gasteiger partial charge in [-0.15, -0.1) is 12.4 Å². The second-order valence-corrected chi connectivity index (χ2v) is 4.49. The first-order valence-corrected chi connectivity index (χ1v) is 6.05. The molecular formula is C13H21ClN2. The maximum absolute atomic E-state index is 4.02. The molecule has 0 unspecified atom stereocenters. The van der Waals surface area contributed by atoms with Crippen LogP contribution in [-0.2, 0) is 6.54 Å². The molecule has 1 aromatic heterocycles. The van der Waals surface area contributed by atoms with Crippen LogP contribution in [0, 0.1) is 5.92 Å². The number of pyridine rings is 1. The van der Waals surface area contributed by atoms with E-state index in [2.05, 4.69) is 22.4 Å². The molecule has 0 aliphatic heterocycles. The Balaban J connectivity index is 0.00000128. The van der Waals surface area contributed by atoms with E-state index in [1.165, 1.54) is 44.2 Å². The molecule has 16 heavy (non-hydrogen) atoms. The summed E-state index contributed by atoms with van der Waals surface area (Å²) in [6.45, 7) is 2.17. The van der Waals surface area contributed by atoms with Gasteiger partial charge in [0, 0.05) is 18.9 Å². The van der Waals surface area contributed by atoms with Gasteiger partial charge in [-0.3, -0.25) is 4.98 Å². The van der Waals surface area contributed by atoms with E-state index in [1.807, 2.05) is 12.4 Å². The Labute approximate surface area is 104 Å². The summed E-state index contributed by atoms with van der Waals surface area (Å²) in [5.41, 5.74) is 1.33. The van der Waals surface area contributed by atoms with Gasteiger partial charge in [-0.25, -0.2) is 0 Å². The Hall–Kier alpha value is -0.600. The van der Waals surface area contributed by atoms with Crippen molar-refractivity contribution < 1.29 is 0 Å².